The van der Waals surface area contributed by atoms with Gasteiger partial charge in [0.1, 0.15) is 5.38 Å². The first kappa shape index (κ1) is 16.9. The van der Waals surface area contributed by atoms with Crippen molar-refractivity contribution < 1.29 is 9.53 Å². The lowest BCUT2D eigenvalue weighted by molar-refractivity contribution is -0.142. The van der Waals surface area contributed by atoms with E-state index in [-0.39, 0.29) is 5.97 Å². The molecule has 0 heterocycles. The molecule has 1 unspecified atom stereocenters. The number of halogens is 1. The molecule has 0 aromatic heterocycles. The Labute approximate surface area is 140 Å². The normalized spacial score (nSPS) is 11.9. The van der Waals surface area contributed by atoms with Gasteiger partial charge in [-0.15, -0.1) is 23.4 Å². The Balaban J connectivity index is 1.86. The maximum absolute atomic E-state index is 11.5. The van der Waals surface area contributed by atoms with E-state index >= 15 is 0 Å². The largest absolute Gasteiger partial charge is 0.465 e. The lowest BCUT2D eigenvalue weighted by Gasteiger charge is -2.09. The number of rotatable bonds is 7. The van der Waals surface area contributed by atoms with Crippen LogP contribution in [0, 0.1) is 0 Å². The maximum Gasteiger partial charge on any atom is 0.324 e. The van der Waals surface area contributed by atoms with Gasteiger partial charge in [0.25, 0.3) is 0 Å². The van der Waals surface area contributed by atoms with Gasteiger partial charge >= 0.3 is 5.97 Å². The molecule has 22 heavy (non-hydrogen) atoms. The van der Waals surface area contributed by atoms with Crippen LogP contribution in [-0.4, -0.2) is 18.0 Å². The second kappa shape index (κ2) is 8.86. The monoisotopic (exact) mass is 334 g/mol. The zero-order valence-corrected chi connectivity index (χ0v) is 14.1. The van der Waals surface area contributed by atoms with Gasteiger partial charge in [-0.05, 0) is 36.6 Å². The Hall–Kier alpha value is -1.45. The number of carbonyl (C=O) groups is 1. The minimum absolute atomic E-state index is 0.355. The zero-order valence-electron chi connectivity index (χ0n) is 12.5. The fourth-order valence-corrected chi connectivity index (χ4v) is 3.08. The van der Waals surface area contributed by atoms with Crippen LogP contribution in [0.15, 0.2) is 59.5 Å². The number of carbonyl (C=O) groups excluding carboxylic acids is 1. The third kappa shape index (κ3) is 5.39. The molecule has 2 aromatic carbocycles. The van der Waals surface area contributed by atoms with Crippen LogP contribution in [-0.2, 0) is 21.7 Å². The number of benzene rings is 2. The smallest absolute Gasteiger partial charge is 0.324 e. The predicted molar refractivity (Wildman–Crippen MR) is 92.4 cm³/mol. The van der Waals surface area contributed by atoms with Crippen LogP contribution in [0.4, 0.5) is 0 Å². The molecule has 0 aliphatic carbocycles. The summed E-state index contributed by atoms with van der Waals surface area (Å²) in [5, 5.41) is -0.622. The van der Waals surface area contributed by atoms with Crippen molar-refractivity contribution >= 4 is 29.3 Å². The van der Waals surface area contributed by atoms with E-state index in [1.165, 1.54) is 10.5 Å². The number of thioether (sulfide) groups is 1. The molecule has 2 nitrogen and oxygen atoms in total. The Morgan fingerprint density at radius 1 is 1.09 bits per heavy atom. The summed E-state index contributed by atoms with van der Waals surface area (Å²) in [5.41, 5.74) is 2.34. The van der Waals surface area contributed by atoms with E-state index in [9.17, 15) is 4.79 Å². The van der Waals surface area contributed by atoms with E-state index in [0.29, 0.717) is 13.0 Å². The van der Waals surface area contributed by atoms with Gasteiger partial charge in [0.05, 0.1) is 6.61 Å². The highest BCUT2D eigenvalue weighted by Gasteiger charge is 2.16. The van der Waals surface area contributed by atoms with Crippen LogP contribution < -0.4 is 0 Å². The molecule has 4 heteroatoms. The van der Waals surface area contributed by atoms with Gasteiger partial charge in [0.2, 0.25) is 0 Å². The summed E-state index contributed by atoms with van der Waals surface area (Å²) < 4.78 is 4.91. The molecule has 0 N–H and O–H groups in total. The Bertz CT molecular complexity index is 584. The molecule has 0 spiro atoms. The Kier molecular flexibility index (Phi) is 6.81. The summed E-state index contributed by atoms with van der Waals surface area (Å²) in [6.45, 7) is 2.14. The molecule has 0 bridgehead atoms. The van der Waals surface area contributed by atoms with Crippen molar-refractivity contribution in [2.75, 3.05) is 6.61 Å². The lowest BCUT2D eigenvalue weighted by atomic mass is 10.1. The third-order valence-electron chi connectivity index (χ3n) is 3.13. The SMILES string of the molecule is CCOC(=O)C(Cl)Cc1ccc(SCc2ccccc2)cc1. The molecule has 0 amide bonds. The van der Waals surface area contributed by atoms with Crippen LogP contribution >= 0.6 is 23.4 Å². The van der Waals surface area contributed by atoms with Crippen molar-refractivity contribution in [3.63, 3.8) is 0 Å². The number of alkyl halides is 1. The first-order valence-corrected chi connectivity index (χ1v) is 8.67. The third-order valence-corrected chi connectivity index (χ3v) is 4.54. The lowest BCUT2D eigenvalue weighted by Crippen LogP contribution is -2.20. The Morgan fingerprint density at radius 3 is 2.41 bits per heavy atom. The molecule has 0 saturated heterocycles. The van der Waals surface area contributed by atoms with Crippen LogP contribution in [0.5, 0.6) is 0 Å². The molecule has 0 fully saturated rings. The highest BCUT2D eigenvalue weighted by Crippen LogP contribution is 2.23. The Morgan fingerprint density at radius 2 is 1.77 bits per heavy atom. The summed E-state index contributed by atoms with van der Waals surface area (Å²) in [6, 6.07) is 18.5. The van der Waals surface area contributed by atoms with Crippen molar-refractivity contribution in [3.05, 3.63) is 65.7 Å². The molecule has 0 radical (unpaired) electrons. The highest BCUT2D eigenvalue weighted by molar-refractivity contribution is 7.98. The molecule has 0 aliphatic rings. The number of hydrogen-bond acceptors (Lipinski definition) is 3. The standard InChI is InChI=1S/C18H19ClO2S/c1-2-21-18(20)17(19)12-14-8-10-16(11-9-14)22-13-15-6-4-3-5-7-15/h3-11,17H,2,12-13H2,1H3. The van der Waals surface area contributed by atoms with Gasteiger partial charge in [0.15, 0.2) is 0 Å². The molecule has 0 aliphatic heterocycles. The van der Waals surface area contributed by atoms with Crippen molar-refractivity contribution in [2.45, 2.75) is 29.4 Å². The van der Waals surface area contributed by atoms with Crippen molar-refractivity contribution in [1.29, 1.82) is 0 Å². The van der Waals surface area contributed by atoms with E-state index in [0.717, 1.165) is 11.3 Å². The summed E-state index contributed by atoms with van der Waals surface area (Å²) in [7, 11) is 0. The van der Waals surface area contributed by atoms with E-state index in [2.05, 4.69) is 36.4 Å². The molecular formula is C18H19ClO2S. The summed E-state index contributed by atoms with van der Waals surface area (Å²) in [6.07, 6.45) is 0.490. The van der Waals surface area contributed by atoms with Crippen molar-refractivity contribution in [2.24, 2.45) is 0 Å². The minimum Gasteiger partial charge on any atom is -0.465 e. The van der Waals surface area contributed by atoms with Crippen LogP contribution in [0.2, 0.25) is 0 Å². The summed E-state index contributed by atoms with van der Waals surface area (Å²) in [4.78, 5) is 12.7. The van der Waals surface area contributed by atoms with Gasteiger partial charge < -0.3 is 4.74 Å². The van der Waals surface area contributed by atoms with E-state index in [4.69, 9.17) is 16.3 Å². The average Bonchev–Trinajstić information content (AvgIpc) is 2.55. The fourth-order valence-electron chi connectivity index (χ4n) is 1.99. The van der Waals surface area contributed by atoms with Gasteiger partial charge in [-0.3, -0.25) is 4.79 Å². The zero-order chi connectivity index (χ0) is 15.8. The van der Waals surface area contributed by atoms with Crippen LogP contribution in [0.1, 0.15) is 18.1 Å². The molecule has 0 saturated carbocycles. The highest BCUT2D eigenvalue weighted by atomic mass is 35.5. The maximum atomic E-state index is 11.5. The second-order valence-electron chi connectivity index (χ2n) is 4.84. The molecule has 1 atom stereocenters. The topological polar surface area (TPSA) is 26.3 Å². The fraction of sp³-hybridized carbons (Fsp3) is 0.278. The van der Waals surface area contributed by atoms with Gasteiger partial charge in [-0.25, -0.2) is 0 Å². The van der Waals surface area contributed by atoms with E-state index in [1.807, 2.05) is 18.2 Å². The van der Waals surface area contributed by atoms with E-state index < -0.39 is 5.38 Å². The quantitative estimate of drug-likeness (QED) is 0.417. The molecule has 116 valence electrons. The van der Waals surface area contributed by atoms with Crippen LogP contribution in [0.3, 0.4) is 0 Å². The van der Waals surface area contributed by atoms with Crippen molar-refractivity contribution in [3.8, 4) is 0 Å². The van der Waals surface area contributed by atoms with Gasteiger partial charge in [-0.2, -0.15) is 0 Å². The van der Waals surface area contributed by atoms with Gasteiger partial charge in [0, 0.05) is 10.6 Å². The second-order valence-corrected chi connectivity index (χ2v) is 6.42. The van der Waals surface area contributed by atoms with E-state index in [1.54, 1.807) is 18.7 Å². The summed E-state index contributed by atoms with van der Waals surface area (Å²) >= 11 is 7.84. The average molecular weight is 335 g/mol. The minimum atomic E-state index is -0.622. The first-order valence-electron chi connectivity index (χ1n) is 7.25. The predicted octanol–water partition coefficient (Wildman–Crippen LogP) is 4.69. The molecular weight excluding hydrogens is 316 g/mol. The summed E-state index contributed by atoms with van der Waals surface area (Å²) in [5.74, 6) is 0.591. The van der Waals surface area contributed by atoms with Crippen molar-refractivity contribution in [1.82, 2.24) is 0 Å². The first-order chi connectivity index (χ1) is 10.7. The number of ether oxygens (including phenoxy) is 1. The molecule has 2 aromatic rings. The molecule has 2 rings (SSSR count). The van der Waals surface area contributed by atoms with Crippen LogP contribution in [0.25, 0.3) is 0 Å². The number of esters is 1. The number of hydrogen-bond donors (Lipinski definition) is 0. The van der Waals surface area contributed by atoms with Gasteiger partial charge in [-0.1, -0.05) is 42.5 Å².